The van der Waals surface area contributed by atoms with Crippen molar-refractivity contribution in [2.75, 3.05) is 0 Å². The number of aliphatic hydroxyl groups is 1. The minimum absolute atomic E-state index is 0.143. The number of carbonyl (C=O) groups excluding carboxylic acids is 2. The Labute approximate surface area is 84.9 Å². The molecule has 1 aliphatic rings. The third-order valence-electron chi connectivity index (χ3n) is 1.78. The number of aliphatic carboxylic acids is 1. The number of allylic oxidation sites excluding steroid dienone is 2. The molecular formula is C9H9NO5. The Kier molecular flexibility index (Phi) is 3.22. The van der Waals surface area contributed by atoms with E-state index in [-0.39, 0.29) is 30.1 Å². The Bertz CT molecular complexity index is 380. The molecule has 6 heteroatoms. The molecule has 0 unspecified atom stereocenters. The molecule has 6 nitrogen and oxygen atoms in total. The molecule has 80 valence electrons. The van der Waals surface area contributed by atoms with Gasteiger partial charge < -0.3 is 15.5 Å². The Morgan fingerprint density at radius 1 is 1.27 bits per heavy atom. The Morgan fingerprint density at radius 3 is 2.40 bits per heavy atom. The van der Waals surface area contributed by atoms with Gasteiger partial charge in [-0.15, -0.1) is 0 Å². The molecule has 0 aromatic rings. The van der Waals surface area contributed by atoms with Crippen molar-refractivity contribution in [3.63, 3.8) is 0 Å². The maximum absolute atomic E-state index is 11.1. The summed E-state index contributed by atoms with van der Waals surface area (Å²) in [4.78, 5) is 32.2. The predicted molar refractivity (Wildman–Crippen MR) is 48.8 cm³/mol. The standard InChI is InChI=1S/C9H9NO5/c11-5-1-2-6(12)9(5)10-7(13)3-4-8(14)15/h3-4,11H,1-2H2,(H,10,13)(H,14,15). The molecule has 0 radical (unpaired) electrons. The van der Waals surface area contributed by atoms with E-state index in [1.54, 1.807) is 0 Å². The molecule has 15 heavy (non-hydrogen) atoms. The zero-order chi connectivity index (χ0) is 11.4. The highest BCUT2D eigenvalue weighted by Crippen LogP contribution is 2.17. The van der Waals surface area contributed by atoms with E-state index in [9.17, 15) is 19.5 Å². The van der Waals surface area contributed by atoms with E-state index in [1.807, 2.05) is 0 Å². The van der Waals surface area contributed by atoms with Gasteiger partial charge in [-0.1, -0.05) is 0 Å². The van der Waals surface area contributed by atoms with Crippen LogP contribution in [0.2, 0.25) is 0 Å². The van der Waals surface area contributed by atoms with Crippen LogP contribution in [0.25, 0.3) is 0 Å². The van der Waals surface area contributed by atoms with Gasteiger partial charge in [-0.2, -0.15) is 0 Å². The van der Waals surface area contributed by atoms with Crippen molar-refractivity contribution in [3.8, 4) is 0 Å². The summed E-state index contributed by atoms with van der Waals surface area (Å²) in [6, 6.07) is 0. The van der Waals surface area contributed by atoms with Crippen molar-refractivity contribution >= 4 is 17.7 Å². The van der Waals surface area contributed by atoms with E-state index in [4.69, 9.17) is 5.11 Å². The average Bonchev–Trinajstić information content (AvgIpc) is 2.46. The average molecular weight is 211 g/mol. The molecule has 0 spiro atoms. The number of carboxylic acid groups (broad SMARTS) is 1. The molecular weight excluding hydrogens is 202 g/mol. The zero-order valence-corrected chi connectivity index (χ0v) is 7.69. The largest absolute Gasteiger partial charge is 0.510 e. The van der Waals surface area contributed by atoms with Gasteiger partial charge in [0, 0.05) is 25.0 Å². The van der Waals surface area contributed by atoms with Crippen LogP contribution in [-0.4, -0.2) is 27.9 Å². The summed E-state index contributed by atoms with van der Waals surface area (Å²) in [7, 11) is 0. The fourth-order valence-corrected chi connectivity index (χ4v) is 1.10. The molecule has 0 aromatic carbocycles. The third kappa shape index (κ3) is 2.94. The van der Waals surface area contributed by atoms with Gasteiger partial charge in [0.1, 0.15) is 11.5 Å². The van der Waals surface area contributed by atoms with Gasteiger partial charge in [-0.25, -0.2) is 4.79 Å². The van der Waals surface area contributed by atoms with E-state index in [0.29, 0.717) is 6.08 Å². The number of carbonyl (C=O) groups is 3. The minimum Gasteiger partial charge on any atom is -0.510 e. The number of hydrogen-bond acceptors (Lipinski definition) is 4. The van der Waals surface area contributed by atoms with E-state index >= 15 is 0 Å². The van der Waals surface area contributed by atoms with Crippen molar-refractivity contribution in [3.05, 3.63) is 23.6 Å². The summed E-state index contributed by atoms with van der Waals surface area (Å²) in [6.07, 6.45) is 1.78. The molecule has 0 aliphatic heterocycles. The molecule has 0 bridgehead atoms. The quantitative estimate of drug-likeness (QED) is 0.564. The lowest BCUT2D eigenvalue weighted by Crippen LogP contribution is -2.24. The van der Waals surface area contributed by atoms with Crippen LogP contribution in [0.15, 0.2) is 23.6 Å². The van der Waals surface area contributed by atoms with E-state index < -0.39 is 11.9 Å². The monoisotopic (exact) mass is 211 g/mol. The second-order valence-electron chi connectivity index (χ2n) is 2.91. The van der Waals surface area contributed by atoms with Gasteiger partial charge in [0.2, 0.25) is 5.91 Å². The number of hydrogen-bond donors (Lipinski definition) is 3. The Morgan fingerprint density at radius 2 is 1.93 bits per heavy atom. The summed E-state index contributed by atoms with van der Waals surface area (Å²) in [5.74, 6) is -2.54. The first-order chi connectivity index (χ1) is 7.00. The highest BCUT2D eigenvalue weighted by molar-refractivity contribution is 6.04. The van der Waals surface area contributed by atoms with Gasteiger partial charge in [0.05, 0.1) is 0 Å². The van der Waals surface area contributed by atoms with Crippen LogP contribution in [0.1, 0.15) is 12.8 Å². The lowest BCUT2D eigenvalue weighted by atomic mass is 10.3. The summed E-state index contributed by atoms with van der Waals surface area (Å²) in [6.45, 7) is 0. The molecule has 1 rings (SSSR count). The second-order valence-corrected chi connectivity index (χ2v) is 2.91. The second kappa shape index (κ2) is 4.41. The van der Waals surface area contributed by atoms with Crippen LogP contribution < -0.4 is 5.32 Å². The van der Waals surface area contributed by atoms with E-state index in [1.165, 1.54) is 0 Å². The van der Waals surface area contributed by atoms with E-state index in [0.717, 1.165) is 6.08 Å². The fraction of sp³-hybridized carbons (Fsp3) is 0.222. The van der Waals surface area contributed by atoms with E-state index in [2.05, 4.69) is 5.32 Å². The van der Waals surface area contributed by atoms with Crippen LogP contribution in [-0.2, 0) is 14.4 Å². The van der Waals surface area contributed by atoms with Gasteiger partial charge in [0.25, 0.3) is 0 Å². The minimum atomic E-state index is -1.26. The molecule has 1 amide bonds. The summed E-state index contributed by atoms with van der Waals surface area (Å²) in [5, 5.41) is 19.5. The van der Waals surface area contributed by atoms with Crippen molar-refractivity contribution in [1.82, 2.24) is 5.32 Å². The lowest BCUT2D eigenvalue weighted by Gasteiger charge is -2.01. The van der Waals surface area contributed by atoms with Gasteiger partial charge in [0.15, 0.2) is 5.78 Å². The highest BCUT2D eigenvalue weighted by Gasteiger charge is 2.23. The molecule has 0 fully saturated rings. The number of aliphatic hydroxyl groups excluding tert-OH is 1. The summed E-state index contributed by atoms with van der Waals surface area (Å²) in [5.41, 5.74) is -0.143. The molecule has 0 aromatic heterocycles. The number of rotatable bonds is 3. The van der Waals surface area contributed by atoms with Crippen molar-refractivity contribution in [2.45, 2.75) is 12.8 Å². The molecule has 1 aliphatic carbocycles. The van der Waals surface area contributed by atoms with Gasteiger partial charge in [-0.05, 0) is 0 Å². The molecule has 0 atom stereocenters. The number of amides is 1. The first kappa shape index (κ1) is 11.0. The number of nitrogens with one attached hydrogen (secondary N) is 1. The maximum Gasteiger partial charge on any atom is 0.328 e. The lowest BCUT2D eigenvalue weighted by molar-refractivity contribution is -0.131. The van der Waals surface area contributed by atoms with Gasteiger partial charge in [-0.3, -0.25) is 9.59 Å². The normalized spacial score (nSPS) is 16.1. The summed E-state index contributed by atoms with van der Waals surface area (Å²) >= 11 is 0. The maximum atomic E-state index is 11.1. The van der Waals surface area contributed by atoms with Crippen molar-refractivity contribution in [1.29, 1.82) is 0 Å². The molecule has 0 saturated carbocycles. The van der Waals surface area contributed by atoms with Crippen molar-refractivity contribution < 1.29 is 24.6 Å². The first-order valence-electron chi connectivity index (χ1n) is 4.18. The molecule has 0 heterocycles. The van der Waals surface area contributed by atoms with Gasteiger partial charge >= 0.3 is 5.97 Å². The molecule has 3 N–H and O–H groups in total. The summed E-state index contributed by atoms with van der Waals surface area (Å²) < 4.78 is 0. The Hall–Kier alpha value is -2.11. The predicted octanol–water partition coefficient (Wildman–Crippen LogP) is -0.124. The van der Waals surface area contributed by atoms with Crippen LogP contribution in [0.4, 0.5) is 0 Å². The SMILES string of the molecule is O=C(O)C=CC(=O)NC1=C(O)CCC1=O. The highest BCUT2D eigenvalue weighted by atomic mass is 16.4. The van der Waals surface area contributed by atoms with Crippen LogP contribution in [0.3, 0.4) is 0 Å². The zero-order valence-electron chi connectivity index (χ0n) is 7.69. The Balaban J connectivity index is 2.63. The molecule has 0 saturated heterocycles. The number of carboxylic acids is 1. The van der Waals surface area contributed by atoms with Crippen LogP contribution >= 0.6 is 0 Å². The van der Waals surface area contributed by atoms with Crippen LogP contribution in [0, 0.1) is 0 Å². The topological polar surface area (TPSA) is 104 Å². The third-order valence-corrected chi connectivity index (χ3v) is 1.78. The fourth-order valence-electron chi connectivity index (χ4n) is 1.10. The van der Waals surface area contributed by atoms with Crippen LogP contribution in [0.5, 0.6) is 0 Å². The smallest absolute Gasteiger partial charge is 0.328 e. The van der Waals surface area contributed by atoms with Crippen molar-refractivity contribution in [2.24, 2.45) is 0 Å². The number of ketones is 1. The first-order valence-corrected chi connectivity index (χ1v) is 4.18. The number of Topliss-reactive ketones (excluding diaryl/α,β-unsaturated/α-hetero) is 1.